The van der Waals surface area contributed by atoms with E-state index in [0.29, 0.717) is 5.56 Å². The average Bonchev–Trinajstić information content (AvgIpc) is 2.16. The molecule has 15 heavy (non-hydrogen) atoms. The van der Waals surface area contributed by atoms with E-state index in [2.05, 4.69) is 4.98 Å². The first kappa shape index (κ1) is 9.65. The van der Waals surface area contributed by atoms with Gasteiger partial charge in [-0.15, -0.1) is 0 Å². The first-order valence-electron chi connectivity index (χ1n) is 4.57. The Morgan fingerprint density at radius 1 is 1.27 bits per heavy atom. The molecule has 0 atom stereocenters. The van der Waals surface area contributed by atoms with Gasteiger partial charge in [-0.25, -0.2) is 4.39 Å². The summed E-state index contributed by atoms with van der Waals surface area (Å²) >= 11 is 0. The summed E-state index contributed by atoms with van der Waals surface area (Å²) < 4.78 is 13.1. The van der Waals surface area contributed by atoms with Crippen LogP contribution in [0.3, 0.4) is 0 Å². The normalized spacial score (nSPS) is 10.3. The summed E-state index contributed by atoms with van der Waals surface area (Å²) in [7, 11) is 0. The Labute approximate surface area is 87.0 Å². The van der Waals surface area contributed by atoms with Crippen molar-refractivity contribution in [2.24, 2.45) is 0 Å². The first-order valence-corrected chi connectivity index (χ1v) is 4.57. The molecule has 0 amide bonds. The molecule has 0 unspecified atom stereocenters. The van der Waals surface area contributed by atoms with Crippen molar-refractivity contribution < 1.29 is 9.50 Å². The molecule has 1 aromatic carbocycles. The number of aromatic hydroxyl groups is 1. The molecular formula is C12H10FNO. The van der Waals surface area contributed by atoms with Gasteiger partial charge in [-0.3, -0.25) is 4.98 Å². The fourth-order valence-corrected chi connectivity index (χ4v) is 1.53. The van der Waals surface area contributed by atoms with Crippen LogP contribution in [0.4, 0.5) is 4.39 Å². The van der Waals surface area contributed by atoms with Crippen molar-refractivity contribution in [3.8, 4) is 16.9 Å². The number of pyridine rings is 1. The summed E-state index contributed by atoms with van der Waals surface area (Å²) in [5.74, 6) is -0.512. The van der Waals surface area contributed by atoms with Crippen LogP contribution in [0.2, 0.25) is 0 Å². The van der Waals surface area contributed by atoms with Gasteiger partial charge in [0.2, 0.25) is 0 Å². The summed E-state index contributed by atoms with van der Waals surface area (Å²) in [5.41, 5.74) is 2.48. The number of benzene rings is 1. The molecule has 0 saturated heterocycles. The average molecular weight is 203 g/mol. The smallest absolute Gasteiger partial charge is 0.127 e. The Balaban J connectivity index is 2.59. The molecule has 2 nitrogen and oxygen atoms in total. The number of hydrogen-bond acceptors (Lipinski definition) is 2. The van der Waals surface area contributed by atoms with Gasteiger partial charge in [0.1, 0.15) is 11.6 Å². The van der Waals surface area contributed by atoms with Gasteiger partial charge in [0.25, 0.3) is 0 Å². The number of aryl methyl sites for hydroxylation is 1. The van der Waals surface area contributed by atoms with Gasteiger partial charge in [0.15, 0.2) is 0 Å². The molecule has 0 bridgehead atoms. The summed E-state index contributed by atoms with van der Waals surface area (Å²) in [6.07, 6.45) is 3.35. The zero-order valence-corrected chi connectivity index (χ0v) is 8.24. The molecule has 76 valence electrons. The molecule has 0 radical (unpaired) electrons. The van der Waals surface area contributed by atoms with Crippen LogP contribution in [-0.4, -0.2) is 10.1 Å². The van der Waals surface area contributed by atoms with Crippen LogP contribution < -0.4 is 0 Å². The second-order valence-corrected chi connectivity index (χ2v) is 3.39. The maximum Gasteiger partial charge on any atom is 0.127 e. The van der Waals surface area contributed by atoms with Crippen molar-refractivity contribution in [3.05, 3.63) is 48.0 Å². The predicted molar refractivity (Wildman–Crippen MR) is 56.0 cm³/mol. The highest BCUT2D eigenvalue weighted by molar-refractivity contribution is 5.67. The van der Waals surface area contributed by atoms with E-state index >= 15 is 0 Å². The maximum atomic E-state index is 13.1. The third-order valence-corrected chi connectivity index (χ3v) is 2.21. The zero-order valence-electron chi connectivity index (χ0n) is 8.24. The van der Waals surface area contributed by atoms with E-state index in [4.69, 9.17) is 0 Å². The van der Waals surface area contributed by atoms with Crippen molar-refractivity contribution in [1.29, 1.82) is 0 Å². The first-order chi connectivity index (χ1) is 7.16. The highest BCUT2D eigenvalue weighted by Gasteiger charge is 2.04. The van der Waals surface area contributed by atoms with E-state index in [1.165, 1.54) is 12.1 Å². The predicted octanol–water partition coefficient (Wildman–Crippen LogP) is 2.90. The molecule has 3 heteroatoms. The Morgan fingerprint density at radius 3 is 2.73 bits per heavy atom. The van der Waals surface area contributed by atoms with Crippen molar-refractivity contribution in [3.63, 3.8) is 0 Å². The second kappa shape index (κ2) is 3.69. The highest BCUT2D eigenvalue weighted by Crippen LogP contribution is 2.26. The van der Waals surface area contributed by atoms with Crippen LogP contribution in [-0.2, 0) is 0 Å². The topological polar surface area (TPSA) is 33.1 Å². The Bertz CT molecular complexity index is 476. The molecular weight excluding hydrogens is 193 g/mol. The minimum atomic E-state index is -0.443. The number of phenols is 1. The molecule has 0 aliphatic carbocycles. The Hall–Kier alpha value is -1.90. The molecule has 1 heterocycles. The quantitative estimate of drug-likeness (QED) is 0.773. The molecule has 0 spiro atoms. The van der Waals surface area contributed by atoms with E-state index in [9.17, 15) is 9.50 Å². The van der Waals surface area contributed by atoms with Crippen LogP contribution in [0.15, 0.2) is 36.7 Å². The molecule has 0 fully saturated rings. The molecule has 1 aromatic heterocycles. The van der Waals surface area contributed by atoms with E-state index in [-0.39, 0.29) is 5.75 Å². The number of aromatic nitrogens is 1. The van der Waals surface area contributed by atoms with Crippen LogP contribution in [0, 0.1) is 12.7 Å². The molecule has 1 N–H and O–H groups in total. The molecule has 2 aromatic rings. The van der Waals surface area contributed by atoms with Crippen molar-refractivity contribution >= 4 is 0 Å². The van der Waals surface area contributed by atoms with Crippen molar-refractivity contribution in [2.75, 3.05) is 0 Å². The number of rotatable bonds is 1. The Morgan fingerprint density at radius 2 is 2.07 bits per heavy atom. The monoisotopic (exact) mass is 203 g/mol. The van der Waals surface area contributed by atoms with Crippen LogP contribution in [0.1, 0.15) is 5.56 Å². The van der Waals surface area contributed by atoms with Crippen LogP contribution in [0.25, 0.3) is 11.1 Å². The van der Waals surface area contributed by atoms with Gasteiger partial charge in [-0.2, -0.15) is 0 Å². The van der Waals surface area contributed by atoms with Crippen LogP contribution >= 0.6 is 0 Å². The summed E-state index contributed by atoms with van der Waals surface area (Å²) in [5, 5.41) is 9.29. The summed E-state index contributed by atoms with van der Waals surface area (Å²) in [6, 6.07) is 5.80. The summed E-state index contributed by atoms with van der Waals surface area (Å²) in [4.78, 5) is 3.96. The number of nitrogens with zero attached hydrogens (tertiary/aromatic N) is 1. The van der Waals surface area contributed by atoms with E-state index < -0.39 is 5.82 Å². The fraction of sp³-hybridized carbons (Fsp3) is 0.0833. The van der Waals surface area contributed by atoms with Gasteiger partial charge in [-0.05, 0) is 41.8 Å². The minimum Gasteiger partial charge on any atom is -0.508 e. The number of halogens is 1. The minimum absolute atomic E-state index is 0.0683. The van der Waals surface area contributed by atoms with Gasteiger partial charge < -0.3 is 5.11 Å². The van der Waals surface area contributed by atoms with Gasteiger partial charge in [0.05, 0.1) is 0 Å². The lowest BCUT2D eigenvalue weighted by Crippen LogP contribution is -1.85. The standard InChI is InChI=1S/C12H10FNO/c1-8-7-14-3-2-12(8)9-4-10(13)6-11(15)5-9/h2-7,15H,1H3. The fourth-order valence-electron chi connectivity index (χ4n) is 1.53. The largest absolute Gasteiger partial charge is 0.508 e. The molecule has 0 aliphatic heterocycles. The molecule has 0 saturated carbocycles. The molecule has 0 aliphatic rings. The lowest BCUT2D eigenvalue weighted by molar-refractivity contribution is 0.469. The lowest BCUT2D eigenvalue weighted by Gasteiger charge is -2.05. The maximum absolute atomic E-state index is 13.1. The van der Waals surface area contributed by atoms with Crippen LogP contribution in [0.5, 0.6) is 5.75 Å². The van der Waals surface area contributed by atoms with Gasteiger partial charge in [0, 0.05) is 18.5 Å². The number of hydrogen-bond donors (Lipinski definition) is 1. The number of phenolic OH excluding ortho intramolecular Hbond substituents is 1. The van der Waals surface area contributed by atoms with Gasteiger partial charge in [-0.1, -0.05) is 0 Å². The highest BCUT2D eigenvalue weighted by atomic mass is 19.1. The zero-order chi connectivity index (χ0) is 10.8. The van der Waals surface area contributed by atoms with Crippen molar-refractivity contribution in [1.82, 2.24) is 4.98 Å². The molecule has 2 rings (SSSR count). The van der Waals surface area contributed by atoms with E-state index in [1.807, 2.05) is 6.92 Å². The summed E-state index contributed by atoms with van der Waals surface area (Å²) in [6.45, 7) is 1.89. The van der Waals surface area contributed by atoms with Crippen molar-refractivity contribution in [2.45, 2.75) is 6.92 Å². The lowest BCUT2D eigenvalue weighted by atomic mass is 10.0. The Kier molecular flexibility index (Phi) is 2.37. The van der Waals surface area contributed by atoms with E-state index in [0.717, 1.165) is 17.2 Å². The second-order valence-electron chi connectivity index (χ2n) is 3.39. The SMILES string of the molecule is Cc1cnccc1-c1cc(O)cc(F)c1. The third-order valence-electron chi connectivity index (χ3n) is 2.21. The van der Waals surface area contributed by atoms with Gasteiger partial charge >= 0.3 is 0 Å². The third kappa shape index (κ3) is 1.96. The van der Waals surface area contributed by atoms with E-state index in [1.54, 1.807) is 18.5 Å².